The number of nitrogens with zero attached hydrogens (tertiary/aromatic N) is 1. The lowest BCUT2D eigenvalue weighted by atomic mass is 10.2. The van der Waals surface area contributed by atoms with Crippen molar-refractivity contribution in [1.82, 2.24) is 0 Å². The summed E-state index contributed by atoms with van der Waals surface area (Å²) in [5, 5.41) is 0. The van der Waals surface area contributed by atoms with Gasteiger partial charge in [0.2, 0.25) is 5.91 Å². The molecule has 1 amide bonds. The minimum Gasteiger partial charge on any atom is -0.290 e. The van der Waals surface area contributed by atoms with Gasteiger partial charge in [0.05, 0.1) is 11.3 Å². The number of carbonyl (C=O) groups excluding carboxylic acids is 1. The molecule has 0 saturated carbocycles. The van der Waals surface area contributed by atoms with Crippen LogP contribution in [0.3, 0.4) is 0 Å². The third kappa shape index (κ3) is 2.55. The number of thioether (sulfide) groups is 1. The van der Waals surface area contributed by atoms with Crippen molar-refractivity contribution < 1.29 is 18.0 Å². The molecule has 2 rings (SSSR count). The molecule has 2 nitrogen and oxygen atoms in total. The Balaban J connectivity index is 2.37. The van der Waals surface area contributed by atoms with Gasteiger partial charge in [0, 0.05) is 5.69 Å². The highest BCUT2D eigenvalue weighted by molar-refractivity contribution is 8.11. The van der Waals surface area contributed by atoms with E-state index in [0.29, 0.717) is 0 Å². The van der Waals surface area contributed by atoms with Crippen LogP contribution in [0.1, 0.15) is 5.56 Å². The van der Waals surface area contributed by atoms with E-state index in [1.54, 1.807) is 0 Å². The number of thiol groups is 1. The van der Waals surface area contributed by atoms with Crippen LogP contribution < -0.4 is 4.90 Å². The van der Waals surface area contributed by atoms with Crippen LogP contribution in [0.4, 0.5) is 18.9 Å². The van der Waals surface area contributed by atoms with E-state index >= 15 is 0 Å². The van der Waals surface area contributed by atoms with Crippen LogP contribution in [0.15, 0.2) is 24.3 Å². The van der Waals surface area contributed by atoms with Crippen LogP contribution >= 0.6 is 24.4 Å². The van der Waals surface area contributed by atoms with Gasteiger partial charge in [-0.2, -0.15) is 13.2 Å². The zero-order valence-corrected chi connectivity index (χ0v) is 10.1. The summed E-state index contributed by atoms with van der Waals surface area (Å²) in [6, 6.07) is 4.70. The summed E-state index contributed by atoms with van der Waals surface area (Å²) in [5.74, 6) is 0.0130. The van der Waals surface area contributed by atoms with Crippen molar-refractivity contribution in [2.75, 3.05) is 10.7 Å². The van der Waals surface area contributed by atoms with Gasteiger partial charge in [0.25, 0.3) is 0 Å². The first kappa shape index (κ1) is 12.6. The lowest BCUT2D eigenvalue weighted by Crippen LogP contribution is -2.29. The van der Waals surface area contributed by atoms with E-state index in [1.165, 1.54) is 28.8 Å². The van der Waals surface area contributed by atoms with E-state index in [0.717, 1.165) is 12.1 Å². The average molecular weight is 279 g/mol. The summed E-state index contributed by atoms with van der Waals surface area (Å²) in [6.07, 6.45) is -4.40. The molecule has 0 bridgehead atoms. The minimum atomic E-state index is -4.40. The molecule has 0 radical (unpaired) electrons. The third-order valence-electron chi connectivity index (χ3n) is 2.30. The summed E-state index contributed by atoms with van der Waals surface area (Å²) in [4.78, 5) is 12.8. The molecule has 1 fully saturated rings. The second kappa shape index (κ2) is 4.45. The predicted octanol–water partition coefficient (Wildman–Crippen LogP) is 3.00. The summed E-state index contributed by atoms with van der Waals surface area (Å²) in [5.41, 5.74) is -0.532. The standard InChI is InChI=1S/C10H8F3NOS2/c11-10(12,13)6-2-1-3-7(4-6)14-8(15)5-17-9(14)16/h1-4,9,16H,5H2. The molecule has 7 heteroatoms. The topological polar surface area (TPSA) is 20.3 Å². The van der Waals surface area contributed by atoms with Gasteiger partial charge < -0.3 is 0 Å². The van der Waals surface area contributed by atoms with Crippen molar-refractivity contribution in [3.8, 4) is 0 Å². The van der Waals surface area contributed by atoms with Crippen molar-refractivity contribution in [2.45, 2.75) is 10.9 Å². The van der Waals surface area contributed by atoms with Crippen molar-refractivity contribution >= 4 is 36.0 Å². The zero-order chi connectivity index (χ0) is 12.6. The second-order valence-electron chi connectivity index (χ2n) is 3.45. The highest BCUT2D eigenvalue weighted by Gasteiger charge is 2.34. The van der Waals surface area contributed by atoms with E-state index in [9.17, 15) is 18.0 Å². The average Bonchev–Trinajstić information content (AvgIpc) is 2.57. The summed E-state index contributed by atoms with van der Waals surface area (Å²) >= 11 is 5.43. The monoisotopic (exact) mass is 279 g/mol. The van der Waals surface area contributed by atoms with Crippen LogP contribution in [0, 0.1) is 0 Å². The Bertz CT molecular complexity index is 449. The molecule has 1 heterocycles. The highest BCUT2D eigenvalue weighted by atomic mass is 32.2. The Morgan fingerprint density at radius 1 is 1.41 bits per heavy atom. The van der Waals surface area contributed by atoms with Crippen molar-refractivity contribution in [3.63, 3.8) is 0 Å². The Hall–Kier alpha value is -0.820. The molecule has 1 unspecified atom stereocenters. The molecule has 17 heavy (non-hydrogen) atoms. The van der Waals surface area contributed by atoms with Gasteiger partial charge in [0.15, 0.2) is 0 Å². The first-order valence-electron chi connectivity index (χ1n) is 4.68. The first-order chi connectivity index (χ1) is 7.89. The number of benzene rings is 1. The molecule has 1 aliphatic heterocycles. The van der Waals surface area contributed by atoms with Crippen LogP contribution in [-0.2, 0) is 11.0 Å². The van der Waals surface area contributed by atoms with Crippen LogP contribution in [0.2, 0.25) is 0 Å². The van der Waals surface area contributed by atoms with E-state index in [4.69, 9.17) is 0 Å². The Morgan fingerprint density at radius 3 is 2.65 bits per heavy atom. The molecule has 0 aromatic heterocycles. The van der Waals surface area contributed by atoms with E-state index in [1.807, 2.05) is 0 Å². The summed E-state index contributed by atoms with van der Waals surface area (Å²) in [6.45, 7) is 0. The van der Waals surface area contributed by atoms with Gasteiger partial charge in [-0.15, -0.1) is 24.4 Å². The Morgan fingerprint density at radius 2 is 2.12 bits per heavy atom. The summed E-state index contributed by atoms with van der Waals surface area (Å²) < 4.78 is 37.1. The third-order valence-corrected chi connectivity index (χ3v) is 3.90. The Labute approximate surface area is 106 Å². The van der Waals surface area contributed by atoms with Crippen molar-refractivity contribution in [3.05, 3.63) is 29.8 Å². The highest BCUT2D eigenvalue weighted by Crippen LogP contribution is 2.36. The van der Waals surface area contributed by atoms with Gasteiger partial charge in [-0.1, -0.05) is 6.07 Å². The van der Waals surface area contributed by atoms with Crippen LogP contribution in [0.5, 0.6) is 0 Å². The lowest BCUT2D eigenvalue weighted by molar-refractivity contribution is -0.137. The normalized spacial score (nSPS) is 21.1. The van der Waals surface area contributed by atoms with Crippen molar-refractivity contribution in [2.24, 2.45) is 0 Å². The fourth-order valence-electron chi connectivity index (χ4n) is 1.52. The number of anilines is 1. The minimum absolute atomic E-state index is 0.227. The SMILES string of the molecule is O=C1CSC(S)N1c1cccc(C(F)(F)F)c1. The van der Waals surface area contributed by atoms with Gasteiger partial charge in [-0.3, -0.25) is 9.69 Å². The smallest absolute Gasteiger partial charge is 0.290 e. The van der Waals surface area contributed by atoms with Gasteiger partial charge >= 0.3 is 6.18 Å². The molecule has 0 spiro atoms. The number of rotatable bonds is 1. The molecular weight excluding hydrogens is 271 g/mol. The van der Waals surface area contributed by atoms with E-state index < -0.39 is 16.4 Å². The summed E-state index contributed by atoms with van der Waals surface area (Å²) in [7, 11) is 0. The van der Waals surface area contributed by atoms with Crippen LogP contribution in [0.25, 0.3) is 0 Å². The number of hydrogen-bond donors (Lipinski definition) is 1. The van der Waals surface area contributed by atoms with Crippen molar-refractivity contribution in [1.29, 1.82) is 0 Å². The molecule has 1 aromatic rings. The maximum Gasteiger partial charge on any atom is 0.416 e. The largest absolute Gasteiger partial charge is 0.416 e. The number of halogens is 3. The molecular formula is C10H8F3NOS2. The molecule has 0 N–H and O–H groups in total. The number of amides is 1. The molecule has 1 aromatic carbocycles. The maximum absolute atomic E-state index is 12.5. The second-order valence-corrected chi connectivity index (χ2v) is 5.36. The molecule has 1 saturated heterocycles. The zero-order valence-electron chi connectivity index (χ0n) is 8.44. The number of carbonyl (C=O) groups is 1. The number of hydrogen-bond acceptors (Lipinski definition) is 3. The molecule has 1 atom stereocenters. The Kier molecular flexibility index (Phi) is 3.31. The molecule has 0 aliphatic carbocycles. The van der Waals surface area contributed by atoms with Crippen LogP contribution in [-0.4, -0.2) is 16.4 Å². The van der Waals surface area contributed by atoms with Gasteiger partial charge in [-0.05, 0) is 18.2 Å². The van der Waals surface area contributed by atoms with Gasteiger partial charge in [0.1, 0.15) is 4.71 Å². The maximum atomic E-state index is 12.5. The predicted molar refractivity (Wildman–Crippen MR) is 64.2 cm³/mol. The fraction of sp³-hybridized carbons (Fsp3) is 0.300. The fourth-order valence-corrected chi connectivity index (χ4v) is 2.82. The molecule has 92 valence electrons. The first-order valence-corrected chi connectivity index (χ1v) is 6.25. The van der Waals surface area contributed by atoms with E-state index in [-0.39, 0.29) is 17.3 Å². The quantitative estimate of drug-likeness (QED) is 0.798. The van der Waals surface area contributed by atoms with E-state index in [2.05, 4.69) is 12.6 Å². The lowest BCUT2D eigenvalue weighted by Gasteiger charge is -2.21. The van der Waals surface area contributed by atoms with Gasteiger partial charge in [-0.25, -0.2) is 0 Å². The molecule has 1 aliphatic rings. The number of alkyl halides is 3.